The topological polar surface area (TPSA) is 97.4 Å². The van der Waals surface area contributed by atoms with Crippen LogP contribution in [0.1, 0.15) is 22.8 Å². The molecule has 1 heterocycles. The Balaban J connectivity index is 2.11. The summed E-state index contributed by atoms with van der Waals surface area (Å²) in [6, 6.07) is 9.38. The normalized spacial score (nSPS) is 11.0. The van der Waals surface area contributed by atoms with Crippen molar-refractivity contribution in [2.45, 2.75) is 18.4 Å². The van der Waals surface area contributed by atoms with E-state index in [0.29, 0.717) is 12.5 Å². The van der Waals surface area contributed by atoms with Crippen LogP contribution in [0.3, 0.4) is 0 Å². The Hall–Kier alpha value is -2.71. The Morgan fingerprint density at radius 2 is 2.12 bits per heavy atom. The molecule has 2 N–H and O–H groups in total. The molecule has 26 heavy (non-hydrogen) atoms. The Morgan fingerprint density at radius 1 is 1.31 bits per heavy atom. The first-order chi connectivity index (χ1) is 12.5. The Kier molecular flexibility index (Phi) is 6.88. The zero-order valence-electron chi connectivity index (χ0n) is 14.4. The van der Waals surface area contributed by atoms with E-state index in [1.807, 2.05) is 6.92 Å². The minimum Gasteiger partial charge on any atom is -0.478 e. The van der Waals surface area contributed by atoms with E-state index in [1.54, 1.807) is 24.4 Å². The van der Waals surface area contributed by atoms with Crippen molar-refractivity contribution in [3.63, 3.8) is 0 Å². The summed E-state index contributed by atoms with van der Waals surface area (Å²) in [6.07, 6.45) is 3.05. The van der Waals surface area contributed by atoms with E-state index in [9.17, 15) is 13.2 Å². The van der Waals surface area contributed by atoms with Gasteiger partial charge in [0, 0.05) is 30.4 Å². The number of rotatable bonds is 9. The lowest BCUT2D eigenvalue weighted by atomic mass is 10.2. The first kappa shape index (κ1) is 19.6. The number of nitrogens with zero attached hydrogens (tertiary/aromatic N) is 1. The van der Waals surface area contributed by atoms with Crippen LogP contribution in [0.15, 0.2) is 60.1 Å². The number of nitrogens with one attached hydrogen (secondary N) is 2. The summed E-state index contributed by atoms with van der Waals surface area (Å²) in [5.74, 6) is 0.0670. The van der Waals surface area contributed by atoms with Crippen LogP contribution < -0.4 is 14.8 Å². The van der Waals surface area contributed by atoms with Gasteiger partial charge in [-0.2, -0.15) is 0 Å². The second kappa shape index (κ2) is 9.12. The molecule has 0 saturated carbocycles. The SMILES string of the molecule is C=CCNS(=O)(=O)c1cccc(C(=O)NCc2cccnc2OCC)c1. The average Bonchev–Trinajstić information content (AvgIpc) is 2.66. The van der Waals surface area contributed by atoms with Gasteiger partial charge < -0.3 is 10.1 Å². The molecule has 2 aromatic rings. The smallest absolute Gasteiger partial charge is 0.251 e. The molecule has 0 spiro atoms. The lowest BCUT2D eigenvalue weighted by Gasteiger charge is -2.10. The minimum atomic E-state index is -3.69. The highest BCUT2D eigenvalue weighted by atomic mass is 32.2. The highest BCUT2D eigenvalue weighted by Gasteiger charge is 2.15. The molecule has 0 bridgehead atoms. The first-order valence-corrected chi connectivity index (χ1v) is 9.51. The van der Waals surface area contributed by atoms with Gasteiger partial charge in [0.15, 0.2) is 0 Å². The average molecular weight is 375 g/mol. The van der Waals surface area contributed by atoms with Crippen molar-refractivity contribution in [1.29, 1.82) is 0 Å². The first-order valence-electron chi connectivity index (χ1n) is 8.03. The van der Waals surface area contributed by atoms with Crippen molar-refractivity contribution in [1.82, 2.24) is 15.0 Å². The van der Waals surface area contributed by atoms with Crippen LogP contribution in [0, 0.1) is 0 Å². The molecule has 1 amide bonds. The van der Waals surface area contributed by atoms with Crippen molar-refractivity contribution in [3.8, 4) is 5.88 Å². The molecular formula is C18H21N3O4S. The Labute approximate surface area is 153 Å². The second-order valence-corrected chi connectivity index (χ2v) is 7.02. The monoisotopic (exact) mass is 375 g/mol. The van der Waals surface area contributed by atoms with E-state index in [1.165, 1.54) is 24.3 Å². The number of hydrogen-bond donors (Lipinski definition) is 2. The zero-order chi connectivity index (χ0) is 19.0. The third kappa shape index (κ3) is 5.14. The van der Waals surface area contributed by atoms with Gasteiger partial charge in [-0.1, -0.05) is 18.2 Å². The number of sulfonamides is 1. The number of benzene rings is 1. The van der Waals surface area contributed by atoms with E-state index >= 15 is 0 Å². The quantitative estimate of drug-likeness (QED) is 0.652. The fourth-order valence-corrected chi connectivity index (χ4v) is 3.20. The van der Waals surface area contributed by atoms with Crippen molar-refractivity contribution in [2.24, 2.45) is 0 Å². The Bertz CT molecular complexity index is 882. The molecular weight excluding hydrogens is 354 g/mol. The maximum atomic E-state index is 12.4. The molecule has 8 heteroatoms. The molecule has 0 unspecified atom stereocenters. The molecule has 0 aliphatic carbocycles. The predicted molar refractivity (Wildman–Crippen MR) is 98.4 cm³/mol. The lowest BCUT2D eigenvalue weighted by Crippen LogP contribution is -2.26. The van der Waals surface area contributed by atoms with Gasteiger partial charge in [0.2, 0.25) is 15.9 Å². The van der Waals surface area contributed by atoms with Crippen LogP contribution in [-0.4, -0.2) is 32.5 Å². The summed E-state index contributed by atoms with van der Waals surface area (Å²) in [7, 11) is -3.69. The molecule has 1 aromatic heterocycles. The molecule has 138 valence electrons. The summed E-state index contributed by atoms with van der Waals surface area (Å²) in [5, 5.41) is 2.75. The molecule has 0 aliphatic rings. The van der Waals surface area contributed by atoms with Crippen molar-refractivity contribution < 1.29 is 17.9 Å². The zero-order valence-corrected chi connectivity index (χ0v) is 15.3. The standard InChI is InChI=1S/C18H21N3O4S/c1-3-10-21-26(23,24)16-9-5-7-14(12-16)17(22)20-13-15-8-6-11-19-18(15)25-4-2/h3,5-9,11-12,21H,1,4,10,13H2,2H3,(H,20,22). The van der Waals surface area contributed by atoms with Crippen LogP contribution >= 0.6 is 0 Å². The van der Waals surface area contributed by atoms with E-state index in [2.05, 4.69) is 21.6 Å². The molecule has 7 nitrogen and oxygen atoms in total. The van der Waals surface area contributed by atoms with Crippen LogP contribution in [0.4, 0.5) is 0 Å². The van der Waals surface area contributed by atoms with Crippen LogP contribution in [0.5, 0.6) is 5.88 Å². The largest absolute Gasteiger partial charge is 0.478 e. The molecule has 2 rings (SSSR count). The summed E-state index contributed by atoms with van der Waals surface area (Å²) in [5.41, 5.74) is 0.979. The van der Waals surface area contributed by atoms with Crippen molar-refractivity contribution in [2.75, 3.05) is 13.2 Å². The van der Waals surface area contributed by atoms with Gasteiger partial charge in [-0.15, -0.1) is 6.58 Å². The third-order valence-electron chi connectivity index (χ3n) is 3.39. The maximum absolute atomic E-state index is 12.4. The van der Waals surface area contributed by atoms with E-state index < -0.39 is 15.9 Å². The fraction of sp³-hybridized carbons (Fsp3) is 0.222. The lowest BCUT2D eigenvalue weighted by molar-refractivity contribution is 0.0950. The van der Waals surface area contributed by atoms with Gasteiger partial charge in [0.05, 0.1) is 11.5 Å². The fourth-order valence-electron chi connectivity index (χ4n) is 2.16. The number of carbonyl (C=O) groups is 1. The van der Waals surface area contributed by atoms with Crippen molar-refractivity contribution >= 4 is 15.9 Å². The number of ether oxygens (including phenoxy) is 1. The predicted octanol–water partition coefficient (Wildman–Crippen LogP) is 1.87. The second-order valence-electron chi connectivity index (χ2n) is 5.25. The summed E-state index contributed by atoms with van der Waals surface area (Å²) in [4.78, 5) is 16.5. The van der Waals surface area contributed by atoms with Crippen LogP contribution in [0.2, 0.25) is 0 Å². The summed E-state index contributed by atoms with van der Waals surface area (Å²) >= 11 is 0. The number of carbonyl (C=O) groups excluding carboxylic acids is 1. The maximum Gasteiger partial charge on any atom is 0.251 e. The highest BCUT2D eigenvalue weighted by molar-refractivity contribution is 7.89. The number of hydrogen-bond acceptors (Lipinski definition) is 5. The third-order valence-corrected chi connectivity index (χ3v) is 4.82. The molecule has 0 saturated heterocycles. The van der Waals surface area contributed by atoms with Crippen LogP contribution in [-0.2, 0) is 16.6 Å². The van der Waals surface area contributed by atoms with Gasteiger partial charge in [-0.3, -0.25) is 4.79 Å². The van der Waals surface area contributed by atoms with Gasteiger partial charge >= 0.3 is 0 Å². The molecule has 0 aliphatic heterocycles. The number of aromatic nitrogens is 1. The number of pyridine rings is 1. The molecule has 0 fully saturated rings. The van der Waals surface area contributed by atoms with Crippen LogP contribution in [0.25, 0.3) is 0 Å². The molecule has 0 atom stereocenters. The Morgan fingerprint density at radius 3 is 2.85 bits per heavy atom. The molecule has 0 radical (unpaired) electrons. The number of amides is 1. The summed E-state index contributed by atoms with van der Waals surface area (Å²) < 4.78 is 32.1. The summed E-state index contributed by atoms with van der Waals surface area (Å²) in [6.45, 7) is 6.12. The van der Waals surface area contributed by atoms with E-state index in [4.69, 9.17) is 4.74 Å². The highest BCUT2D eigenvalue weighted by Crippen LogP contribution is 2.15. The minimum absolute atomic E-state index is 0.0170. The van der Waals surface area contributed by atoms with Gasteiger partial charge in [0.1, 0.15) is 0 Å². The van der Waals surface area contributed by atoms with Gasteiger partial charge in [-0.05, 0) is 31.2 Å². The van der Waals surface area contributed by atoms with E-state index in [-0.39, 0.29) is 23.5 Å². The van der Waals surface area contributed by atoms with Crippen molar-refractivity contribution in [3.05, 3.63) is 66.4 Å². The van der Waals surface area contributed by atoms with Gasteiger partial charge in [-0.25, -0.2) is 18.1 Å². The molecule has 1 aromatic carbocycles. The van der Waals surface area contributed by atoms with Gasteiger partial charge in [0.25, 0.3) is 5.91 Å². The van der Waals surface area contributed by atoms with E-state index in [0.717, 1.165) is 5.56 Å².